The number of anilines is 1. The summed E-state index contributed by atoms with van der Waals surface area (Å²) in [6, 6.07) is 4.43. The van der Waals surface area contributed by atoms with Gasteiger partial charge in [-0.1, -0.05) is 22.9 Å². The zero-order valence-electron chi connectivity index (χ0n) is 10.6. The molecule has 0 fully saturated rings. The van der Waals surface area contributed by atoms with Gasteiger partial charge in [-0.15, -0.1) is 0 Å². The van der Waals surface area contributed by atoms with Gasteiger partial charge in [-0.3, -0.25) is 0 Å². The average Bonchev–Trinajstić information content (AvgIpc) is 2.76. The van der Waals surface area contributed by atoms with Crippen LogP contribution in [-0.2, 0) is 13.1 Å². The number of aromatic nitrogens is 1. The highest BCUT2D eigenvalue weighted by atomic mass is 79.9. The molecule has 0 aliphatic carbocycles. The SMILES string of the molecule is CCCn1ccc(CNc2c(F)cc(Br)cc2F)c1. The summed E-state index contributed by atoms with van der Waals surface area (Å²) in [5, 5.41) is 2.80. The molecule has 0 atom stereocenters. The zero-order chi connectivity index (χ0) is 13.8. The Hall–Kier alpha value is -1.36. The van der Waals surface area contributed by atoms with Gasteiger partial charge in [0.1, 0.15) is 17.3 Å². The maximum atomic E-state index is 13.6. The molecule has 0 unspecified atom stereocenters. The van der Waals surface area contributed by atoms with Crippen molar-refractivity contribution in [2.24, 2.45) is 0 Å². The van der Waals surface area contributed by atoms with Crippen LogP contribution in [0.25, 0.3) is 0 Å². The summed E-state index contributed by atoms with van der Waals surface area (Å²) < 4.78 is 29.7. The summed E-state index contributed by atoms with van der Waals surface area (Å²) in [7, 11) is 0. The van der Waals surface area contributed by atoms with E-state index in [-0.39, 0.29) is 5.69 Å². The maximum Gasteiger partial charge on any atom is 0.150 e. The molecule has 2 nitrogen and oxygen atoms in total. The van der Waals surface area contributed by atoms with Gasteiger partial charge in [0.25, 0.3) is 0 Å². The summed E-state index contributed by atoms with van der Waals surface area (Å²) in [4.78, 5) is 0. The van der Waals surface area contributed by atoms with Crippen molar-refractivity contribution >= 4 is 21.6 Å². The van der Waals surface area contributed by atoms with Crippen LogP contribution in [0.1, 0.15) is 18.9 Å². The third-order valence-corrected chi connectivity index (χ3v) is 3.23. The predicted molar refractivity (Wildman–Crippen MR) is 76.1 cm³/mol. The Bertz CT molecular complexity index is 543. The Balaban J connectivity index is 2.05. The Morgan fingerprint density at radius 3 is 2.58 bits per heavy atom. The van der Waals surface area contributed by atoms with Gasteiger partial charge in [0.05, 0.1) is 0 Å². The summed E-state index contributed by atoms with van der Waals surface area (Å²) >= 11 is 3.05. The minimum atomic E-state index is -0.597. The predicted octanol–water partition coefficient (Wildman–Crippen LogP) is 4.55. The van der Waals surface area contributed by atoms with Gasteiger partial charge in [0.2, 0.25) is 0 Å². The maximum absolute atomic E-state index is 13.6. The van der Waals surface area contributed by atoms with Crippen LogP contribution in [0, 0.1) is 11.6 Å². The molecule has 2 aromatic rings. The van der Waals surface area contributed by atoms with E-state index in [1.807, 2.05) is 18.5 Å². The number of nitrogens with zero attached hydrogens (tertiary/aromatic N) is 1. The molecule has 1 aromatic heterocycles. The van der Waals surface area contributed by atoms with Crippen molar-refractivity contribution in [3.8, 4) is 0 Å². The second-order valence-electron chi connectivity index (χ2n) is 4.36. The molecular formula is C14H15BrF2N2. The summed E-state index contributed by atoms with van der Waals surface area (Å²) in [5.74, 6) is -1.19. The van der Waals surface area contributed by atoms with E-state index >= 15 is 0 Å². The lowest BCUT2D eigenvalue weighted by Gasteiger charge is -2.08. The van der Waals surface area contributed by atoms with Crippen molar-refractivity contribution in [2.75, 3.05) is 5.32 Å². The third-order valence-electron chi connectivity index (χ3n) is 2.77. The van der Waals surface area contributed by atoms with Crippen molar-refractivity contribution in [3.63, 3.8) is 0 Å². The van der Waals surface area contributed by atoms with Crippen molar-refractivity contribution in [1.29, 1.82) is 0 Å². The normalized spacial score (nSPS) is 10.7. The molecule has 0 spiro atoms. The van der Waals surface area contributed by atoms with E-state index in [2.05, 4.69) is 32.7 Å². The molecule has 1 heterocycles. The fraction of sp³-hybridized carbons (Fsp3) is 0.286. The van der Waals surface area contributed by atoms with E-state index in [0.717, 1.165) is 18.5 Å². The van der Waals surface area contributed by atoms with Crippen LogP contribution in [0.4, 0.5) is 14.5 Å². The van der Waals surface area contributed by atoms with Gasteiger partial charge in [-0.2, -0.15) is 0 Å². The molecule has 1 N–H and O–H groups in total. The molecular weight excluding hydrogens is 314 g/mol. The lowest BCUT2D eigenvalue weighted by atomic mass is 10.2. The second-order valence-corrected chi connectivity index (χ2v) is 5.27. The van der Waals surface area contributed by atoms with Crippen molar-refractivity contribution < 1.29 is 8.78 Å². The molecule has 1 aromatic carbocycles. The van der Waals surface area contributed by atoms with E-state index in [1.165, 1.54) is 12.1 Å². The van der Waals surface area contributed by atoms with Crippen LogP contribution in [0.3, 0.4) is 0 Å². The lowest BCUT2D eigenvalue weighted by molar-refractivity contribution is 0.586. The lowest BCUT2D eigenvalue weighted by Crippen LogP contribution is -2.03. The van der Waals surface area contributed by atoms with Crippen LogP contribution >= 0.6 is 15.9 Å². The number of hydrogen-bond acceptors (Lipinski definition) is 1. The first-order valence-electron chi connectivity index (χ1n) is 6.13. The highest BCUT2D eigenvalue weighted by molar-refractivity contribution is 9.10. The van der Waals surface area contributed by atoms with E-state index in [4.69, 9.17) is 0 Å². The van der Waals surface area contributed by atoms with E-state index in [0.29, 0.717) is 11.0 Å². The monoisotopic (exact) mass is 328 g/mol. The topological polar surface area (TPSA) is 17.0 Å². The van der Waals surface area contributed by atoms with E-state index in [9.17, 15) is 8.78 Å². The Labute approximate surface area is 119 Å². The molecule has 5 heteroatoms. The van der Waals surface area contributed by atoms with Crippen molar-refractivity contribution in [1.82, 2.24) is 4.57 Å². The Morgan fingerprint density at radius 2 is 1.95 bits per heavy atom. The van der Waals surface area contributed by atoms with Crippen molar-refractivity contribution in [2.45, 2.75) is 26.4 Å². The number of benzene rings is 1. The molecule has 102 valence electrons. The smallest absolute Gasteiger partial charge is 0.150 e. The molecule has 0 aliphatic rings. The van der Waals surface area contributed by atoms with E-state index < -0.39 is 11.6 Å². The molecule has 0 saturated carbocycles. The molecule has 0 bridgehead atoms. The number of aryl methyl sites for hydroxylation is 1. The number of nitrogens with one attached hydrogen (secondary N) is 1. The number of rotatable bonds is 5. The largest absolute Gasteiger partial charge is 0.376 e. The van der Waals surface area contributed by atoms with Gasteiger partial charge >= 0.3 is 0 Å². The van der Waals surface area contributed by atoms with Crippen LogP contribution < -0.4 is 5.32 Å². The average molecular weight is 329 g/mol. The molecule has 0 saturated heterocycles. The van der Waals surface area contributed by atoms with Gasteiger partial charge in [0, 0.05) is 30.0 Å². The fourth-order valence-corrected chi connectivity index (χ4v) is 2.30. The third kappa shape index (κ3) is 3.56. The molecule has 0 radical (unpaired) electrons. The van der Waals surface area contributed by atoms with E-state index in [1.54, 1.807) is 0 Å². The second kappa shape index (κ2) is 6.19. The summed E-state index contributed by atoms with van der Waals surface area (Å²) in [5.41, 5.74) is 0.904. The minimum absolute atomic E-state index is 0.0913. The van der Waals surface area contributed by atoms with Crippen molar-refractivity contribution in [3.05, 3.63) is 52.3 Å². The summed E-state index contributed by atoms with van der Waals surface area (Å²) in [6.45, 7) is 3.44. The highest BCUT2D eigenvalue weighted by Crippen LogP contribution is 2.24. The number of hydrogen-bond donors (Lipinski definition) is 1. The van der Waals surface area contributed by atoms with Gasteiger partial charge in [0.15, 0.2) is 0 Å². The number of halogens is 3. The first-order chi connectivity index (χ1) is 9.10. The van der Waals surface area contributed by atoms with Gasteiger partial charge in [-0.05, 0) is 30.2 Å². The molecule has 19 heavy (non-hydrogen) atoms. The first-order valence-corrected chi connectivity index (χ1v) is 6.92. The molecule has 0 amide bonds. The minimum Gasteiger partial charge on any atom is -0.376 e. The summed E-state index contributed by atoms with van der Waals surface area (Å²) in [6.07, 6.45) is 5.00. The Kier molecular flexibility index (Phi) is 4.58. The zero-order valence-corrected chi connectivity index (χ0v) is 12.2. The highest BCUT2D eigenvalue weighted by Gasteiger charge is 2.10. The fourth-order valence-electron chi connectivity index (χ4n) is 1.89. The Morgan fingerprint density at radius 1 is 1.26 bits per heavy atom. The molecule has 2 rings (SSSR count). The van der Waals surface area contributed by atoms with Crippen LogP contribution in [0.15, 0.2) is 35.1 Å². The van der Waals surface area contributed by atoms with Crippen LogP contribution in [0.2, 0.25) is 0 Å². The van der Waals surface area contributed by atoms with Crippen LogP contribution in [0.5, 0.6) is 0 Å². The van der Waals surface area contributed by atoms with Gasteiger partial charge < -0.3 is 9.88 Å². The van der Waals surface area contributed by atoms with Gasteiger partial charge in [-0.25, -0.2) is 8.78 Å². The standard InChI is InChI=1S/C14H15BrF2N2/c1-2-4-19-5-3-10(9-19)8-18-14-12(16)6-11(15)7-13(14)17/h3,5-7,9,18H,2,4,8H2,1H3. The quantitative estimate of drug-likeness (QED) is 0.851. The first kappa shape index (κ1) is 14.1. The van der Waals surface area contributed by atoms with Crippen LogP contribution in [-0.4, -0.2) is 4.57 Å². The molecule has 0 aliphatic heterocycles.